The number of sulfone groups is 1. The summed E-state index contributed by atoms with van der Waals surface area (Å²) in [4.78, 5) is 20.5. The maximum atomic E-state index is 13.3. The Morgan fingerprint density at radius 3 is 2.61 bits per heavy atom. The zero-order valence-electron chi connectivity index (χ0n) is 17.3. The number of rotatable bonds is 7. The molecule has 1 atom stereocenters. The number of aryl methyl sites for hydroxylation is 2. The molecule has 2 aromatic rings. The zero-order valence-corrected chi connectivity index (χ0v) is 18.1. The monoisotopic (exact) mass is 405 g/mol. The molecule has 0 aliphatic carbocycles. The first-order valence-corrected chi connectivity index (χ1v) is 11.8. The van der Waals surface area contributed by atoms with Crippen molar-refractivity contribution in [3.8, 4) is 0 Å². The van der Waals surface area contributed by atoms with E-state index in [2.05, 4.69) is 24.0 Å². The van der Waals surface area contributed by atoms with Crippen LogP contribution in [0.3, 0.4) is 0 Å². The minimum absolute atomic E-state index is 0.00912. The summed E-state index contributed by atoms with van der Waals surface area (Å²) in [5, 5.41) is 1.09. The number of aromatic nitrogens is 1. The summed E-state index contributed by atoms with van der Waals surface area (Å²) in [5.74, 6) is 0.267. The second-order valence-corrected chi connectivity index (χ2v) is 10.3. The van der Waals surface area contributed by atoms with E-state index in [-0.39, 0.29) is 23.5 Å². The van der Waals surface area contributed by atoms with Gasteiger partial charge in [0.2, 0.25) is 5.91 Å². The third-order valence-electron chi connectivity index (χ3n) is 5.71. The molecule has 1 N–H and O–H groups in total. The van der Waals surface area contributed by atoms with Crippen molar-refractivity contribution in [3.63, 3.8) is 0 Å². The molecular formula is C21H31N3O3S. The van der Waals surface area contributed by atoms with Crippen LogP contribution in [0.1, 0.15) is 30.2 Å². The maximum Gasteiger partial charge on any atom is 0.227 e. The van der Waals surface area contributed by atoms with Crippen molar-refractivity contribution in [2.45, 2.75) is 39.2 Å². The van der Waals surface area contributed by atoms with Gasteiger partial charge in [-0.3, -0.25) is 4.79 Å². The van der Waals surface area contributed by atoms with E-state index in [0.717, 1.165) is 35.1 Å². The Kier molecular flexibility index (Phi) is 6.15. The van der Waals surface area contributed by atoms with Crippen LogP contribution >= 0.6 is 0 Å². The fraction of sp³-hybridized carbons (Fsp3) is 0.571. The lowest BCUT2D eigenvalue weighted by Crippen LogP contribution is -2.45. The van der Waals surface area contributed by atoms with Crippen LogP contribution in [0.2, 0.25) is 0 Å². The summed E-state index contributed by atoms with van der Waals surface area (Å²) in [6, 6.07) is 5.99. The highest BCUT2D eigenvalue weighted by Gasteiger charge is 2.34. The lowest BCUT2D eigenvalue weighted by atomic mass is 10.0. The van der Waals surface area contributed by atoms with E-state index in [1.807, 2.05) is 32.0 Å². The summed E-state index contributed by atoms with van der Waals surface area (Å²) in [6.45, 7) is 5.40. The minimum Gasteiger partial charge on any atom is -0.358 e. The summed E-state index contributed by atoms with van der Waals surface area (Å²) >= 11 is 0. The Morgan fingerprint density at radius 1 is 1.25 bits per heavy atom. The van der Waals surface area contributed by atoms with Crippen molar-refractivity contribution in [2.75, 3.05) is 38.7 Å². The highest BCUT2D eigenvalue weighted by molar-refractivity contribution is 7.91. The molecule has 3 rings (SSSR count). The lowest BCUT2D eigenvalue weighted by molar-refractivity contribution is -0.132. The van der Waals surface area contributed by atoms with Crippen LogP contribution in [0.25, 0.3) is 10.9 Å². The van der Waals surface area contributed by atoms with E-state index in [1.165, 1.54) is 5.56 Å². The zero-order chi connectivity index (χ0) is 20.5. The Morgan fingerprint density at radius 2 is 2.00 bits per heavy atom. The molecular weight excluding hydrogens is 374 g/mol. The van der Waals surface area contributed by atoms with Crippen LogP contribution in [-0.4, -0.2) is 73.8 Å². The first-order chi connectivity index (χ1) is 13.2. The number of H-pyrrole nitrogens is 1. The Labute approximate surface area is 167 Å². The molecule has 7 heteroatoms. The third kappa shape index (κ3) is 4.41. The standard InChI is InChI=1S/C21H31N3O3S/c1-5-16-7-6-8-18-19(15(2)22-21(16)18)13-20(25)24(11-10-23(3)4)17-9-12-28(26,27)14-17/h6-8,17,22H,5,9-14H2,1-4H3/t17-/m1/s1. The van der Waals surface area contributed by atoms with Crippen molar-refractivity contribution in [3.05, 3.63) is 35.0 Å². The van der Waals surface area contributed by atoms with Gasteiger partial charge in [-0.05, 0) is 45.0 Å². The van der Waals surface area contributed by atoms with Gasteiger partial charge in [-0.15, -0.1) is 0 Å². The van der Waals surface area contributed by atoms with Crippen LogP contribution in [0.5, 0.6) is 0 Å². The number of nitrogens with one attached hydrogen (secondary N) is 1. The molecule has 1 amide bonds. The number of fused-ring (bicyclic) bond motifs is 1. The Balaban J connectivity index is 1.87. The van der Waals surface area contributed by atoms with E-state index >= 15 is 0 Å². The molecule has 1 aliphatic rings. The topological polar surface area (TPSA) is 73.5 Å². The molecule has 154 valence electrons. The van der Waals surface area contributed by atoms with E-state index in [9.17, 15) is 13.2 Å². The van der Waals surface area contributed by atoms with Gasteiger partial charge in [-0.1, -0.05) is 25.1 Å². The average Bonchev–Trinajstić information content (AvgIpc) is 3.14. The second-order valence-electron chi connectivity index (χ2n) is 8.05. The summed E-state index contributed by atoms with van der Waals surface area (Å²) < 4.78 is 23.9. The summed E-state index contributed by atoms with van der Waals surface area (Å²) in [6.07, 6.45) is 1.76. The molecule has 1 aliphatic heterocycles. The molecule has 1 aromatic carbocycles. The minimum atomic E-state index is -3.04. The number of carbonyl (C=O) groups is 1. The van der Waals surface area contributed by atoms with Gasteiger partial charge in [0, 0.05) is 35.7 Å². The predicted molar refractivity (Wildman–Crippen MR) is 113 cm³/mol. The molecule has 0 unspecified atom stereocenters. The highest BCUT2D eigenvalue weighted by Crippen LogP contribution is 2.27. The number of nitrogens with zero attached hydrogens (tertiary/aromatic N) is 2. The van der Waals surface area contributed by atoms with Gasteiger partial charge in [-0.2, -0.15) is 0 Å². The number of hydrogen-bond donors (Lipinski definition) is 1. The molecule has 1 aromatic heterocycles. The highest BCUT2D eigenvalue weighted by atomic mass is 32.2. The van der Waals surface area contributed by atoms with Gasteiger partial charge < -0.3 is 14.8 Å². The molecule has 0 saturated carbocycles. The van der Waals surface area contributed by atoms with Gasteiger partial charge in [-0.25, -0.2) is 8.42 Å². The number of likely N-dealkylation sites (N-methyl/N-ethyl adjacent to an activating group) is 1. The fourth-order valence-corrected chi connectivity index (χ4v) is 5.81. The van der Waals surface area contributed by atoms with Gasteiger partial charge >= 0.3 is 0 Å². The predicted octanol–water partition coefficient (Wildman–Crippen LogP) is 2.16. The quantitative estimate of drug-likeness (QED) is 0.766. The molecule has 2 heterocycles. The van der Waals surface area contributed by atoms with Crippen molar-refractivity contribution >= 4 is 26.6 Å². The average molecular weight is 406 g/mol. The van der Waals surface area contributed by atoms with E-state index in [1.54, 1.807) is 4.90 Å². The van der Waals surface area contributed by atoms with Crippen LogP contribution in [0, 0.1) is 6.92 Å². The molecule has 1 fully saturated rings. The van der Waals surface area contributed by atoms with E-state index < -0.39 is 9.84 Å². The molecule has 28 heavy (non-hydrogen) atoms. The number of carbonyl (C=O) groups excluding carboxylic acids is 1. The SMILES string of the molecule is CCc1cccc2c(CC(=O)N(CCN(C)C)[C@@H]3CCS(=O)(=O)C3)c(C)[nH]c12. The fourth-order valence-electron chi connectivity index (χ4n) is 4.08. The lowest BCUT2D eigenvalue weighted by Gasteiger charge is -2.29. The van der Waals surface area contributed by atoms with Gasteiger partial charge in [0.05, 0.1) is 17.9 Å². The van der Waals surface area contributed by atoms with Crippen LogP contribution in [-0.2, 0) is 27.5 Å². The van der Waals surface area contributed by atoms with E-state index in [4.69, 9.17) is 0 Å². The third-order valence-corrected chi connectivity index (χ3v) is 7.46. The molecule has 0 spiro atoms. The summed E-state index contributed by atoms with van der Waals surface area (Å²) in [5.41, 5.74) is 4.38. The van der Waals surface area contributed by atoms with Gasteiger partial charge in [0.25, 0.3) is 0 Å². The van der Waals surface area contributed by atoms with Crippen LogP contribution in [0.15, 0.2) is 18.2 Å². The number of para-hydroxylation sites is 1. The van der Waals surface area contributed by atoms with Crippen LogP contribution in [0.4, 0.5) is 0 Å². The normalized spacial score (nSPS) is 18.8. The Bertz CT molecular complexity index is 963. The van der Waals surface area contributed by atoms with Crippen LogP contribution < -0.4 is 0 Å². The van der Waals surface area contributed by atoms with Crippen molar-refractivity contribution < 1.29 is 13.2 Å². The second kappa shape index (κ2) is 8.25. The maximum absolute atomic E-state index is 13.3. The van der Waals surface area contributed by atoms with E-state index in [0.29, 0.717) is 19.4 Å². The smallest absolute Gasteiger partial charge is 0.227 e. The first-order valence-electron chi connectivity index (χ1n) is 9.95. The van der Waals surface area contributed by atoms with Crippen molar-refractivity contribution in [2.24, 2.45) is 0 Å². The number of amides is 1. The number of aromatic amines is 1. The first kappa shape index (κ1) is 20.9. The van der Waals surface area contributed by atoms with Gasteiger partial charge in [0.15, 0.2) is 9.84 Å². The Hall–Kier alpha value is -1.86. The number of benzene rings is 1. The van der Waals surface area contributed by atoms with Crippen molar-refractivity contribution in [1.29, 1.82) is 0 Å². The molecule has 0 radical (unpaired) electrons. The molecule has 1 saturated heterocycles. The van der Waals surface area contributed by atoms with Gasteiger partial charge in [0.1, 0.15) is 0 Å². The molecule has 6 nitrogen and oxygen atoms in total. The van der Waals surface area contributed by atoms with Crippen molar-refractivity contribution in [1.82, 2.24) is 14.8 Å². The number of hydrogen-bond acceptors (Lipinski definition) is 4. The largest absolute Gasteiger partial charge is 0.358 e. The summed E-state index contributed by atoms with van der Waals surface area (Å²) in [7, 11) is 0.885. The molecule has 0 bridgehead atoms.